The molecular formula is C17H26N2O3. The maximum absolute atomic E-state index is 12.6. The van der Waals surface area contributed by atoms with Crippen LogP contribution in [0.5, 0.6) is 0 Å². The van der Waals surface area contributed by atoms with Gasteiger partial charge in [0.25, 0.3) is 0 Å². The van der Waals surface area contributed by atoms with Gasteiger partial charge in [-0.2, -0.15) is 0 Å². The molecule has 5 heteroatoms. The van der Waals surface area contributed by atoms with Crippen molar-refractivity contribution in [3.05, 3.63) is 12.2 Å². The first-order chi connectivity index (χ1) is 10.8. The molecule has 0 aromatic heterocycles. The van der Waals surface area contributed by atoms with Gasteiger partial charge in [0.05, 0.1) is 19.1 Å². The molecule has 2 fully saturated rings. The molecule has 0 aromatic rings. The summed E-state index contributed by atoms with van der Waals surface area (Å²) in [6, 6.07) is 0. The third-order valence-electron chi connectivity index (χ3n) is 5.02. The zero-order chi connectivity index (χ0) is 15.4. The molecule has 2 aliphatic heterocycles. The summed E-state index contributed by atoms with van der Waals surface area (Å²) < 4.78 is 5.31. The van der Waals surface area contributed by atoms with Crippen LogP contribution in [-0.2, 0) is 14.3 Å². The zero-order valence-corrected chi connectivity index (χ0v) is 13.2. The lowest BCUT2D eigenvalue weighted by atomic mass is 9.90. The number of amides is 2. The fraction of sp³-hybridized carbons (Fsp3) is 0.765. The number of piperidine rings is 1. The summed E-state index contributed by atoms with van der Waals surface area (Å²) in [5.41, 5.74) is 0. The lowest BCUT2D eigenvalue weighted by molar-refractivity contribution is -0.145. The fourth-order valence-corrected chi connectivity index (χ4v) is 3.70. The topological polar surface area (TPSA) is 49.9 Å². The van der Waals surface area contributed by atoms with Crippen LogP contribution in [0, 0.1) is 11.8 Å². The molecular weight excluding hydrogens is 280 g/mol. The summed E-state index contributed by atoms with van der Waals surface area (Å²) in [5, 5.41) is 0. The minimum Gasteiger partial charge on any atom is -0.378 e. The summed E-state index contributed by atoms with van der Waals surface area (Å²) in [4.78, 5) is 29.1. The van der Waals surface area contributed by atoms with Crippen LogP contribution in [0.4, 0.5) is 0 Å². The summed E-state index contributed by atoms with van der Waals surface area (Å²) >= 11 is 0. The van der Waals surface area contributed by atoms with Crippen LogP contribution in [-0.4, -0.2) is 61.0 Å². The lowest BCUT2D eigenvalue weighted by Crippen LogP contribution is -2.50. The zero-order valence-electron chi connectivity index (χ0n) is 13.2. The molecule has 2 heterocycles. The van der Waals surface area contributed by atoms with Crippen LogP contribution in [0.3, 0.4) is 0 Å². The van der Waals surface area contributed by atoms with Gasteiger partial charge in [-0.3, -0.25) is 9.59 Å². The third-order valence-corrected chi connectivity index (χ3v) is 5.02. The van der Waals surface area contributed by atoms with Crippen LogP contribution in [0.15, 0.2) is 12.2 Å². The highest BCUT2D eigenvalue weighted by Gasteiger charge is 2.33. The Balaban J connectivity index is 1.57. The van der Waals surface area contributed by atoms with E-state index < -0.39 is 0 Å². The second kappa shape index (κ2) is 7.27. The summed E-state index contributed by atoms with van der Waals surface area (Å²) in [7, 11) is 0. The number of ether oxygens (including phenoxy) is 1. The SMILES string of the molecule is O=C([C@H]1CCCN(C(=O)[C@@H]2CC=CCC2)C1)N1CCOCC1. The first-order valence-corrected chi connectivity index (χ1v) is 8.56. The van der Waals surface area contributed by atoms with Gasteiger partial charge in [-0.15, -0.1) is 0 Å². The van der Waals surface area contributed by atoms with Crippen LogP contribution in [0.25, 0.3) is 0 Å². The van der Waals surface area contributed by atoms with E-state index in [0.717, 1.165) is 38.6 Å². The Morgan fingerprint density at radius 2 is 1.68 bits per heavy atom. The molecule has 22 heavy (non-hydrogen) atoms. The van der Waals surface area contributed by atoms with Crippen molar-refractivity contribution in [3.8, 4) is 0 Å². The van der Waals surface area contributed by atoms with Crippen molar-refractivity contribution in [1.82, 2.24) is 9.80 Å². The molecule has 3 rings (SSSR count). The molecule has 0 saturated carbocycles. The van der Waals surface area contributed by atoms with E-state index >= 15 is 0 Å². The fourth-order valence-electron chi connectivity index (χ4n) is 3.70. The number of hydrogen-bond donors (Lipinski definition) is 0. The minimum absolute atomic E-state index is 0.0186. The number of morpholine rings is 1. The molecule has 0 bridgehead atoms. The van der Waals surface area contributed by atoms with Crippen molar-refractivity contribution in [3.63, 3.8) is 0 Å². The van der Waals surface area contributed by atoms with Gasteiger partial charge in [0.15, 0.2) is 0 Å². The van der Waals surface area contributed by atoms with Crippen molar-refractivity contribution in [2.45, 2.75) is 32.1 Å². The lowest BCUT2D eigenvalue weighted by Gasteiger charge is -2.37. The number of carbonyl (C=O) groups is 2. The molecule has 0 aromatic carbocycles. The van der Waals surface area contributed by atoms with Gasteiger partial charge in [-0.05, 0) is 32.1 Å². The van der Waals surface area contributed by atoms with Crippen LogP contribution in [0.1, 0.15) is 32.1 Å². The van der Waals surface area contributed by atoms with Gasteiger partial charge in [-0.1, -0.05) is 12.2 Å². The van der Waals surface area contributed by atoms with E-state index in [-0.39, 0.29) is 23.7 Å². The van der Waals surface area contributed by atoms with E-state index in [2.05, 4.69) is 12.2 Å². The van der Waals surface area contributed by atoms with Crippen molar-refractivity contribution in [2.75, 3.05) is 39.4 Å². The highest BCUT2D eigenvalue weighted by Crippen LogP contribution is 2.25. The average molecular weight is 306 g/mol. The number of likely N-dealkylation sites (tertiary alicyclic amines) is 1. The minimum atomic E-state index is -0.0186. The van der Waals surface area contributed by atoms with Gasteiger partial charge in [0.2, 0.25) is 11.8 Å². The largest absolute Gasteiger partial charge is 0.378 e. The number of rotatable bonds is 2. The van der Waals surface area contributed by atoms with E-state index in [1.54, 1.807) is 0 Å². The average Bonchev–Trinajstić information content (AvgIpc) is 2.62. The quantitative estimate of drug-likeness (QED) is 0.725. The van der Waals surface area contributed by atoms with Gasteiger partial charge in [0.1, 0.15) is 0 Å². The van der Waals surface area contributed by atoms with Crippen molar-refractivity contribution >= 4 is 11.8 Å². The van der Waals surface area contributed by atoms with Crippen molar-refractivity contribution in [1.29, 1.82) is 0 Å². The molecule has 2 saturated heterocycles. The van der Waals surface area contributed by atoms with Crippen molar-refractivity contribution < 1.29 is 14.3 Å². The summed E-state index contributed by atoms with van der Waals surface area (Å²) in [5.74, 6) is 0.574. The van der Waals surface area contributed by atoms with Gasteiger partial charge in [0, 0.05) is 32.1 Å². The van der Waals surface area contributed by atoms with Gasteiger partial charge >= 0.3 is 0 Å². The van der Waals surface area contributed by atoms with E-state index in [9.17, 15) is 9.59 Å². The normalized spacial score (nSPS) is 29.5. The first-order valence-electron chi connectivity index (χ1n) is 8.56. The molecule has 0 spiro atoms. The molecule has 122 valence electrons. The van der Waals surface area contributed by atoms with Crippen molar-refractivity contribution in [2.24, 2.45) is 11.8 Å². The molecule has 2 atom stereocenters. The molecule has 2 amide bonds. The monoisotopic (exact) mass is 306 g/mol. The molecule has 0 N–H and O–H groups in total. The van der Waals surface area contributed by atoms with Crippen LogP contribution >= 0.6 is 0 Å². The molecule has 0 radical (unpaired) electrons. The third kappa shape index (κ3) is 3.51. The Hall–Kier alpha value is -1.36. The number of hydrogen-bond acceptors (Lipinski definition) is 3. The highest BCUT2D eigenvalue weighted by molar-refractivity contribution is 5.82. The molecule has 0 unspecified atom stereocenters. The van der Waals surface area contributed by atoms with E-state index in [1.165, 1.54) is 0 Å². The van der Waals surface area contributed by atoms with Gasteiger partial charge < -0.3 is 14.5 Å². The standard InChI is InChI=1S/C17H26N2O3/c20-16(14-5-2-1-3-6-14)19-8-4-7-15(13-19)17(21)18-9-11-22-12-10-18/h1-2,14-15H,3-13H2/t14-,15+/m1/s1. The van der Waals surface area contributed by atoms with E-state index in [4.69, 9.17) is 4.74 Å². The first kappa shape index (κ1) is 15.5. The Labute approximate surface area is 132 Å². The maximum Gasteiger partial charge on any atom is 0.227 e. The molecule has 1 aliphatic carbocycles. The Kier molecular flexibility index (Phi) is 5.13. The Morgan fingerprint density at radius 3 is 2.41 bits per heavy atom. The highest BCUT2D eigenvalue weighted by atomic mass is 16.5. The number of carbonyl (C=O) groups excluding carboxylic acids is 2. The predicted molar refractivity (Wildman–Crippen MR) is 83.2 cm³/mol. The Morgan fingerprint density at radius 1 is 0.909 bits per heavy atom. The molecule has 5 nitrogen and oxygen atoms in total. The summed E-state index contributed by atoms with van der Waals surface area (Å²) in [6.07, 6.45) is 8.93. The smallest absolute Gasteiger partial charge is 0.227 e. The summed E-state index contributed by atoms with van der Waals surface area (Å²) in [6.45, 7) is 4.07. The van der Waals surface area contributed by atoms with E-state index in [0.29, 0.717) is 32.8 Å². The maximum atomic E-state index is 12.6. The van der Waals surface area contributed by atoms with Crippen LogP contribution in [0.2, 0.25) is 0 Å². The number of allylic oxidation sites excluding steroid dienone is 2. The molecule has 3 aliphatic rings. The Bertz CT molecular complexity index is 443. The second-order valence-corrected chi connectivity index (χ2v) is 6.54. The van der Waals surface area contributed by atoms with Gasteiger partial charge in [-0.25, -0.2) is 0 Å². The predicted octanol–water partition coefficient (Wildman–Crippen LogP) is 1.44. The van der Waals surface area contributed by atoms with E-state index in [1.807, 2.05) is 9.80 Å². The second-order valence-electron chi connectivity index (χ2n) is 6.54. The number of nitrogens with zero attached hydrogens (tertiary/aromatic N) is 2. The van der Waals surface area contributed by atoms with Crippen LogP contribution < -0.4 is 0 Å².